The second kappa shape index (κ2) is 10.8. The van der Waals surface area contributed by atoms with E-state index in [4.69, 9.17) is 10.1 Å². The second-order valence-electron chi connectivity index (χ2n) is 8.78. The number of rotatable bonds is 8. The maximum Gasteiger partial charge on any atom is 0.416 e. The largest absolute Gasteiger partial charge is 0.487 e. The van der Waals surface area contributed by atoms with E-state index >= 15 is 0 Å². The van der Waals surface area contributed by atoms with Crippen LogP contribution >= 0.6 is 0 Å². The van der Waals surface area contributed by atoms with Crippen molar-refractivity contribution in [3.63, 3.8) is 0 Å². The number of carbonyl (C=O) groups is 1. The molecule has 0 radical (unpaired) electrons. The molecule has 7 nitrogen and oxygen atoms in total. The monoisotopic (exact) mass is 509 g/mol. The summed E-state index contributed by atoms with van der Waals surface area (Å²) in [5.41, 5.74) is 2.11. The molecule has 0 saturated carbocycles. The van der Waals surface area contributed by atoms with Crippen molar-refractivity contribution in [1.29, 1.82) is 5.41 Å². The van der Waals surface area contributed by atoms with Crippen LogP contribution in [-0.2, 0) is 6.18 Å². The fourth-order valence-electron chi connectivity index (χ4n) is 3.85. The Morgan fingerprint density at radius 2 is 1.97 bits per heavy atom. The summed E-state index contributed by atoms with van der Waals surface area (Å²) in [7, 11) is 2.01. The molecule has 1 aromatic heterocycles. The van der Waals surface area contributed by atoms with Crippen LogP contribution in [0, 0.1) is 12.3 Å². The van der Waals surface area contributed by atoms with Crippen LogP contribution in [0.1, 0.15) is 27.0 Å². The number of halogens is 3. The van der Waals surface area contributed by atoms with Gasteiger partial charge in [0, 0.05) is 66.0 Å². The second-order valence-corrected chi connectivity index (χ2v) is 8.78. The Morgan fingerprint density at radius 1 is 1.19 bits per heavy atom. The number of nitrogens with one attached hydrogen (secondary N) is 3. The van der Waals surface area contributed by atoms with Gasteiger partial charge in [0.25, 0.3) is 5.91 Å². The fraction of sp³-hybridized carbons (Fsp3) is 0.222. The van der Waals surface area contributed by atoms with Crippen LogP contribution < -0.4 is 15.4 Å². The van der Waals surface area contributed by atoms with Gasteiger partial charge in [-0.3, -0.25) is 14.7 Å². The predicted octanol–water partition coefficient (Wildman–Crippen LogP) is 5.46. The molecule has 3 N–H and O–H groups in total. The third-order valence-corrected chi connectivity index (χ3v) is 5.90. The molecule has 1 amide bonds. The molecule has 0 unspecified atom stereocenters. The third-order valence-electron chi connectivity index (χ3n) is 5.90. The highest BCUT2D eigenvalue weighted by Gasteiger charge is 2.31. The first-order valence-corrected chi connectivity index (χ1v) is 11.5. The number of hydrogen-bond donors (Lipinski definition) is 3. The molecule has 2 aromatic carbocycles. The van der Waals surface area contributed by atoms with E-state index in [2.05, 4.69) is 20.5 Å². The number of aromatic nitrogens is 1. The molecular weight excluding hydrogens is 483 g/mol. The number of hydrogen-bond acceptors (Lipinski definition) is 6. The summed E-state index contributed by atoms with van der Waals surface area (Å²) in [5, 5.41) is 13.7. The van der Waals surface area contributed by atoms with E-state index in [-0.39, 0.29) is 11.7 Å². The van der Waals surface area contributed by atoms with Crippen LogP contribution in [0.2, 0.25) is 0 Å². The number of amides is 1. The fourth-order valence-corrected chi connectivity index (χ4v) is 3.85. The predicted molar refractivity (Wildman–Crippen MR) is 137 cm³/mol. The number of likely N-dealkylation sites (tertiary alicyclic amines) is 1. The summed E-state index contributed by atoms with van der Waals surface area (Å²) in [6.45, 7) is 3.51. The minimum atomic E-state index is -4.54. The van der Waals surface area contributed by atoms with Gasteiger partial charge in [-0.1, -0.05) is 12.1 Å². The highest BCUT2D eigenvalue weighted by Crippen LogP contribution is 2.30. The van der Waals surface area contributed by atoms with E-state index in [1.807, 2.05) is 14.0 Å². The molecule has 192 valence electrons. The number of aryl methyl sites for hydroxylation is 1. The quantitative estimate of drug-likeness (QED) is 0.351. The number of nitrogens with zero attached hydrogens (tertiary/aromatic N) is 2. The van der Waals surface area contributed by atoms with Gasteiger partial charge >= 0.3 is 6.18 Å². The summed E-state index contributed by atoms with van der Waals surface area (Å²) in [6.07, 6.45) is 1.64. The molecule has 1 aliphatic heterocycles. The van der Waals surface area contributed by atoms with Crippen LogP contribution in [0.25, 0.3) is 5.57 Å². The molecule has 2 heterocycles. The molecule has 0 bridgehead atoms. The van der Waals surface area contributed by atoms with Gasteiger partial charge in [-0.2, -0.15) is 13.2 Å². The standard InChI is InChI=1S/C27H26F3N5O2/c1-17-6-7-21(34-26(36)18-4-3-5-20(10-18)27(28,29)30)11-24(17)33-13-19(12-31)23-14-32-9-8-25(23)37-22-15-35(2)16-22/h3-14,22,31,33H,15-16H2,1-2H3,(H,34,36)/b19-13+,31-12?. The smallest absolute Gasteiger partial charge is 0.416 e. The highest BCUT2D eigenvalue weighted by atomic mass is 19.4. The molecule has 0 aliphatic carbocycles. The van der Waals surface area contributed by atoms with Crippen molar-refractivity contribution in [3.05, 3.63) is 89.4 Å². The van der Waals surface area contributed by atoms with E-state index in [9.17, 15) is 18.0 Å². The molecular formula is C27H26F3N5O2. The van der Waals surface area contributed by atoms with Crippen molar-refractivity contribution in [2.45, 2.75) is 19.2 Å². The Balaban J connectivity index is 1.51. The molecule has 3 aromatic rings. The van der Waals surface area contributed by atoms with Gasteiger partial charge in [-0.25, -0.2) is 0 Å². The summed E-state index contributed by atoms with van der Waals surface area (Å²) in [4.78, 5) is 18.9. The van der Waals surface area contributed by atoms with Crippen LogP contribution in [0.15, 0.2) is 67.1 Å². The number of pyridine rings is 1. The lowest BCUT2D eigenvalue weighted by molar-refractivity contribution is -0.137. The number of carbonyl (C=O) groups excluding carboxylic acids is 1. The van der Waals surface area contributed by atoms with E-state index < -0.39 is 17.6 Å². The van der Waals surface area contributed by atoms with Crippen LogP contribution in [0.3, 0.4) is 0 Å². The number of alkyl halides is 3. The van der Waals surface area contributed by atoms with Crippen molar-refractivity contribution < 1.29 is 22.7 Å². The molecule has 0 atom stereocenters. The minimum Gasteiger partial charge on any atom is -0.487 e. The van der Waals surface area contributed by atoms with Crippen LogP contribution in [-0.4, -0.2) is 48.2 Å². The first-order chi connectivity index (χ1) is 17.6. The number of benzene rings is 2. The first-order valence-electron chi connectivity index (χ1n) is 11.5. The van der Waals surface area contributed by atoms with Gasteiger partial charge in [0.05, 0.1) is 5.56 Å². The van der Waals surface area contributed by atoms with Gasteiger partial charge in [0.1, 0.15) is 11.9 Å². The number of allylic oxidation sites excluding steroid dienone is 1. The summed E-state index contributed by atoms with van der Waals surface area (Å²) < 4.78 is 45.1. The van der Waals surface area contributed by atoms with Gasteiger partial charge in [0.15, 0.2) is 0 Å². The Labute approximate surface area is 212 Å². The molecule has 1 aliphatic rings. The Kier molecular flexibility index (Phi) is 7.58. The van der Waals surface area contributed by atoms with Gasteiger partial charge in [0.2, 0.25) is 0 Å². The van der Waals surface area contributed by atoms with Crippen molar-refractivity contribution in [2.24, 2.45) is 0 Å². The molecule has 4 rings (SSSR count). The molecule has 0 spiro atoms. The lowest BCUT2D eigenvalue weighted by Crippen LogP contribution is -2.51. The zero-order valence-electron chi connectivity index (χ0n) is 20.3. The van der Waals surface area contributed by atoms with Gasteiger partial charge in [-0.05, 0) is 55.9 Å². The van der Waals surface area contributed by atoms with Crippen LogP contribution in [0.5, 0.6) is 5.75 Å². The van der Waals surface area contributed by atoms with Gasteiger partial charge in [-0.15, -0.1) is 0 Å². The average Bonchev–Trinajstić information content (AvgIpc) is 2.85. The van der Waals surface area contributed by atoms with Crippen molar-refractivity contribution >= 4 is 29.1 Å². The average molecular weight is 510 g/mol. The molecule has 10 heteroatoms. The summed E-state index contributed by atoms with van der Waals surface area (Å²) in [6, 6.07) is 11.1. The van der Waals surface area contributed by atoms with E-state index in [1.54, 1.807) is 42.9 Å². The topological polar surface area (TPSA) is 90.3 Å². The number of anilines is 2. The zero-order valence-corrected chi connectivity index (χ0v) is 20.3. The normalized spacial score (nSPS) is 14.6. The Bertz CT molecular complexity index is 1330. The Hall–Kier alpha value is -4.18. The van der Waals surface area contributed by atoms with E-state index in [0.717, 1.165) is 30.8 Å². The molecule has 1 fully saturated rings. The van der Waals surface area contributed by atoms with Crippen molar-refractivity contribution in [1.82, 2.24) is 9.88 Å². The maximum atomic E-state index is 13.0. The minimum absolute atomic E-state index is 0.0745. The van der Waals surface area contributed by atoms with Crippen molar-refractivity contribution in [2.75, 3.05) is 30.8 Å². The molecule has 37 heavy (non-hydrogen) atoms. The number of ether oxygens (including phenoxy) is 1. The number of likely N-dealkylation sites (N-methyl/N-ethyl adjacent to an activating group) is 1. The van der Waals surface area contributed by atoms with Crippen molar-refractivity contribution in [3.8, 4) is 5.75 Å². The van der Waals surface area contributed by atoms with E-state index in [0.29, 0.717) is 28.3 Å². The maximum absolute atomic E-state index is 13.0. The lowest BCUT2D eigenvalue weighted by atomic mass is 10.1. The Morgan fingerprint density at radius 3 is 2.68 bits per heavy atom. The zero-order chi connectivity index (χ0) is 26.6. The lowest BCUT2D eigenvalue weighted by Gasteiger charge is -2.36. The van der Waals surface area contributed by atoms with Gasteiger partial charge < -0.3 is 20.8 Å². The highest BCUT2D eigenvalue weighted by molar-refractivity contribution is 6.09. The third kappa shape index (κ3) is 6.34. The summed E-state index contributed by atoms with van der Waals surface area (Å²) >= 11 is 0. The summed E-state index contributed by atoms with van der Waals surface area (Å²) in [5.74, 6) is -0.0288. The SMILES string of the molecule is Cc1ccc(NC(=O)c2cccc(C(F)(F)F)c2)cc1N/C=C(\C=N)c1cnccc1OC1CN(C)C1. The first kappa shape index (κ1) is 25.9. The van der Waals surface area contributed by atoms with Crippen LogP contribution in [0.4, 0.5) is 24.5 Å². The van der Waals surface area contributed by atoms with E-state index in [1.165, 1.54) is 18.3 Å². The molecule has 1 saturated heterocycles.